The summed E-state index contributed by atoms with van der Waals surface area (Å²) >= 11 is 1.16. The quantitative estimate of drug-likeness (QED) is 0.851. The SMILES string of the molecule is CCN1CC(C(=O)Nc2ccc(C(=O)OC)s2)CC1=O. The second-order valence-corrected chi connectivity index (χ2v) is 5.56. The first kappa shape index (κ1) is 14.5. The largest absolute Gasteiger partial charge is 0.465 e. The standard InChI is InChI=1S/C13H16N2O4S/c1-3-15-7-8(6-11(15)16)12(17)14-10-5-4-9(20-10)13(18)19-2/h4-5,8H,3,6-7H2,1-2H3,(H,14,17). The normalized spacial score (nSPS) is 18.2. The molecular formula is C13H16N2O4S. The molecule has 1 aliphatic rings. The monoisotopic (exact) mass is 296 g/mol. The molecule has 0 aromatic carbocycles. The number of likely N-dealkylation sites (tertiary alicyclic amines) is 1. The summed E-state index contributed by atoms with van der Waals surface area (Å²) in [6.45, 7) is 2.96. The van der Waals surface area contributed by atoms with Gasteiger partial charge in [0.2, 0.25) is 11.8 Å². The Labute approximate surface area is 120 Å². The molecule has 1 atom stereocenters. The van der Waals surface area contributed by atoms with Crippen molar-refractivity contribution in [1.29, 1.82) is 0 Å². The average molecular weight is 296 g/mol. The average Bonchev–Trinajstić information content (AvgIpc) is 3.04. The number of nitrogens with one attached hydrogen (secondary N) is 1. The summed E-state index contributed by atoms with van der Waals surface area (Å²) in [5.41, 5.74) is 0. The summed E-state index contributed by atoms with van der Waals surface area (Å²) in [6.07, 6.45) is 0.245. The second kappa shape index (κ2) is 6.04. The van der Waals surface area contributed by atoms with Gasteiger partial charge in [0.1, 0.15) is 4.88 Å². The van der Waals surface area contributed by atoms with E-state index in [1.54, 1.807) is 17.0 Å². The van der Waals surface area contributed by atoms with Crippen molar-refractivity contribution in [2.75, 3.05) is 25.5 Å². The molecule has 0 bridgehead atoms. The molecule has 0 saturated carbocycles. The minimum Gasteiger partial charge on any atom is -0.465 e. The Morgan fingerprint density at radius 1 is 1.50 bits per heavy atom. The first-order valence-electron chi connectivity index (χ1n) is 6.32. The summed E-state index contributed by atoms with van der Waals surface area (Å²) in [5, 5.41) is 3.32. The lowest BCUT2D eigenvalue weighted by Gasteiger charge is -2.13. The Morgan fingerprint density at radius 2 is 2.25 bits per heavy atom. The number of hydrogen-bond donors (Lipinski definition) is 1. The predicted octanol–water partition coefficient (Wildman–Crippen LogP) is 1.34. The van der Waals surface area contributed by atoms with E-state index in [0.29, 0.717) is 23.0 Å². The molecule has 0 aliphatic carbocycles. The molecule has 0 spiro atoms. The van der Waals surface area contributed by atoms with Crippen LogP contribution in [0.25, 0.3) is 0 Å². The molecule has 2 rings (SSSR count). The fraction of sp³-hybridized carbons (Fsp3) is 0.462. The van der Waals surface area contributed by atoms with E-state index in [1.165, 1.54) is 7.11 Å². The highest BCUT2D eigenvalue weighted by molar-refractivity contribution is 7.18. The van der Waals surface area contributed by atoms with Gasteiger partial charge in [-0.3, -0.25) is 9.59 Å². The lowest BCUT2D eigenvalue weighted by Crippen LogP contribution is -2.27. The zero-order valence-corrected chi connectivity index (χ0v) is 12.2. The van der Waals surface area contributed by atoms with Gasteiger partial charge in [0.05, 0.1) is 18.0 Å². The summed E-state index contributed by atoms with van der Waals surface area (Å²) in [4.78, 5) is 37.1. The summed E-state index contributed by atoms with van der Waals surface area (Å²) in [6, 6.07) is 3.26. The van der Waals surface area contributed by atoms with Gasteiger partial charge in [-0.05, 0) is 19.1 Å². The van der Waals surface area contributed by atoms with Gasteiger partial charge in [-0.25, -0.2) is 4.79 Å². The fourth-order valence-electron chi connectivity index (χ4n) is 2.09. The lowest BCUT2D eigenvalue weighted by molar-refractivity contribution is -0.128. The fourth-order valence-corrected chi connectivity index (χ4v) is 2.92. The number of thiophene rings is 1. The first-order valence-corrected chi connectivity index (χ1v) is 7.13. The van der Waals surface area contributed by atoms with E-state index < -0.39 is 5.97 Å². The second-order valence-electron chi connectivity index (χ2n) is 4.48. The molecule has 1 unspecified atom stereocenters. The minimum atomic E-state index is -0.427. The number of carbonyl (C=O) groups is 3. The van der Waals surface area contributed by atoms with Gasteiger partial charge in [0, 0.05) is 19.5 Å². The van der Waals surface area contributed by atoms with Gasteiger partial charge in [-0.15, -0.1) is 11.3 Å². The van der Waals surface area contributed by atoms with Crippen LogP contribution in [-0.2, 0) is 14.3 Å². The van der Waals surface area contributed by atoms with E-state index >= 15 is 0 Å². The van der Waals surface area contributed by atoms with Crippen molar-refractivity contribution in [3.8, 4) is 0 Å². The number of rotatable bonds is 4. The third kappa shape index (κ3) is 2.98. The number of carbonyl (C=O) groups excluding carboxylic acids is 3. The van der Waals surface area contributed by atoms with Gasteiger partial charge in [0.25, 0.3) is 0 Å². The van der Waals surface area contributed by atoms with E-state index in [0.717, 1.165) is 11.3 Å². The van der Waals surface area contributed by atoms with Crippen LogP contribution >= 0.6 is 11.3 Å². The maximum absolute atomic E-state index is 12.1. The highest BCUT2D eigenvalue weighted by atomic mass is 32.1. The van der Waals surface area contributed by atoms with Crippen LogP contribution in [0.2, 0.25) is 0 Å². The van der Waals surface area contributed by atoms with Crippen LogP contribution in [0.5, 0.6) is 0 Å². The van der Waals surface area contributed by atoms with Gasteiger partial charge >= 0.3 is 5.97 Å². The van der Waals surface area contributed by atoms with Crippen molar-refractivity contribution in [2.45, 2.75) is 13.3 Å². The van der Waals surface area contributed by atoms with Crippen molar-refractivity contribution >= 4 is 34.1 Å². The molecule has 1 saturated heterocycles. The molecule has 6 nitrogen and oxygen atoms in total. The van der Waals surface area contributed by atoms with Crippen molar-refractivity contribution in [2.24, 2.45) is 5.92 Å². The van der Waals surface area contributed by atoms with Crippen LogP contribution in [0.15, 0.2) is 12.1 Å². The van der Waals surface area contributed by atoms with E-state index in [2.05, 4.69) is 10.1 Å². The summed E-state index contributed by atoms with van der Waals surface area (Å²) in [5.74, 6) is -0.934. The van der Waals surface area contributed by atoms with Crippen LogP contribution in [0.3, 0.4) is 0 Å². The molecule has 2 heterocycles. The number of hydrogen-bond acceptors (Lipinski definition) is 5. The van der Waals surface area contributed by atoms with E-state index in [-0.39, 0.29) is 24.2 Å². The molecule has 20 heavy (non-hydrogen) atoms. The van der Waals surface area contributed by atoms with Crippen LogP contribution in [0.4, 0.5) is 5.00 Å². The van der Waals surface area contributed by atoms with Crippen molar-refractivity contribution in [1.82, 2.24) is 4.90 Å². The lowest BCUT2D eigenvalue weighted by atomic mass is 10.1. The van der Waals surface area contributed by atoms with Gasteiger partial charge in [0.15, 0.2) is 0 Å². The van der Waals surface area contributed by atoms with Crippen LogP contribution in [-0.4, -0.2) is 42.9 Å². The van der Waals surface area contributed by atoms with Crippen molar-refractivity contribution in [3.05, 3.63) is 17.0 Å². The van der Waals surface area contributed by atoms with E-state index in [4.69, 9.17) is 0 Å². The van der Waals surface area contributed by atoms with E-state index in [1.807, 2.05) is 6.92 Å². The Bertz CT molecular complexity index is 540. The Balaban J connectivity index is 1.97. The maximum atomic E-state index is 12.1. The first-order chi connectivity index (χ1) is 9.55. The molecule has 1 N–H and O–H groups in total. The number of amides is 2. The smallest absolute Gasteiger partial charge is 0.348 e. The molecule has 1 aromatic rings. The number of anilines is 1. The molecular weight excluding hydrogens is 280 g/mol. The van der Waals surface area contributed by atoms with Gasteiger partial charge in [-0.1, -0.05) is 0 Å². The number of nitrogens with zero attached hydrogens (tertiary/aromatic N) is 1. The van der Waals surface area contributed by atoms with Crippen molar-refractivity contribution < 1.29 is 19.1 Å². The van der Waals surface area contributed by atoms with Crippen LogP contribution in [0, 0.1) is 5.92 Å². The van der Waals surface area contributed by atoms with Crippen LogP contribution in [0.1, 0.15) is 23.0 Å². The molecule has 1 fully saturated rings. The number of ether oxygens (including phenoxy) is 1. The minimum absolute atomic E-state index is 0.00841. The highest BCUT2D eigenvalue weighted by Crippen LogP contribution is 2.25. The summed E-state index contributed by atoms with van der Waals surface area (Å²) in [7, 11) is 1.31. The van der Waals surface area contributed by atoms with Crippen LogP contribution < -0.4 is 5.32 Å². The van der Waals surface area contributed by atoms with Gasteiger partial charge < -0.3 is 15.0 Å². The Hall–Kier alpha value is -1.89. The highest BCUT2D eigenvalue weighted by Gasteiger charge is 2.33. The van der Waals surface area contributed by atoms with Gasteiger partial charge in [-0.2, -0.15) is 0 Å². The molecule has 2 amide bonds. The summed E-state index contributed by atoms with van der Waals surface area (Å²) < 4.78 is 4.60. The molecule has 7 heteroatoms. The topological polar surface area (TPSA) is 75.7 Å². The third-order valence-electron chi connectivity index (χ3n) is 3.21. The third-order valence-corrected chi connectivity index (χ3v) is 4.19. The predicted molar refractivity (Wildman–Crippen MR) is 74.6 cm³/mol. The maximum Gasteiger partial charge on any atom is 0.348 e. The number of methoxy groups -OCH3 is 1. The molecule has 1 aliphatic heterocycles. The Kier molecular flexibility index (Phi) is 4.39. The van der Waals surface area contributed by atoms with E-state index in [9.17, 15) is 14.4 Å². The molecule has 0 radical (unpaired) electrons. The zero-order valence-electron chi connectivity index (χ0n) is 11.3. The Morgan fingerprint density at radius 3 is 2.85 bits per heavy atom. The number of esters is 1. The molecule has 108 valence electrons. The molecule has 1 aromatic heterocycles. The zero-order chi connectivity index (χ0) is 14.7. The van der Waals surface area contributed by atoms with Crippen molar-refractivity contribution in [3.63, 3.8) is 0 Å².